The third-order valence-electron chi connectivity index (χ3n) is 3.82. The van der Waals surface area contributed by atoms with Crippen LogP contribution in [0.25, 0.3) is 15.7 Å². The minimum atomic E-state index is -0.134. The zero-order chi connectivity index (χ0) is 16.5. The van der Waals surface area contributed by atoms with Gasteiger partial charge in [-0.25, -0.2) is 4.98 Å². The van der Waals surface area contributed by atoms with Gasteiger partial charge in [-0.15, -0.1) is 11.3 Å². The Morgan fingerprint density at radius 2 is 2.04 bits per heavy atom. The summed E-state index contributed by atoms with van der Waals surface area (Å²) >= 11 is 7.75. The van der Waals surface area contributed by atoms with E-state index in [1.165, 1.54) is 11.3 Å². The first kappa shape index (κ1) is 15.2. The second-order valence-corrected chi connectivity index (χ2v) is 6.88. The van der Waals surface area contributed by atoms with Crippen molar-refractivity contribution in [3.8, 4) is 0 Å². The molecule has 120 valence electrons. The lowest BCUT2D eigenvalue weighted by atomic mass is 10.2. The number of thiophene rings is 1. The van der Waals surface area contributed by atoms with E-state index < -0.39 is 0 Å². The Balaban J connectivity index is 1.45. The van der Waals surface area contributed by atoms with Gasteiger partial charge in [-0.1, -0.05) is 35.9 Å². The molecule has 0 aliphatic carbocycles. The van der Waals surface area contributed by atoms with E-state index in [-0.39, 0.29) is 5.91 Å². The van der Waals surface area contributed by atoms with Gasteiger partial charge in [0.15, 0.2) is 0 Å². The van der Waals surface area contributed by atoms with Crippen LogP contribution in [0.4, 0.5) is 0 Å². The van der Waals surface area contributed by atoms with Gasteiger partial charge in [0, 0.05) is 35.4 Å². The lowest BCUT2D eigenvalue weighted by molar-refractivity contribution is 0.0958. The topological polar surface area (TPSA) is 46.4 Å². The summed E-state index contributed by atoms with van der Waals surface area (Å²) in [5.74, 6) is -0.134. The fourth-order valence-corrected chi connectivity index (χ4v) is 4.09. The molecule has 0 bridgehead atoms. The maximum Gasteiger partial charge on any atom is 0.262 e. The second-order valence-electron chi connectivity index (χ2n) is 5.45. The molecular formula is C18H14ClN3OS. The first-order valence-electron chi connectivity index (χ1n) is 7.60. The van der Waals surface area contributed by atoms with Gasteiger partial charge in [0.05, 0.1) is 10.7 Å². The van der Waals surface area contributed by atoms with Crippen molar-refractivity contribution in [2.45, 2.75) is 6.42 Å². The third-order valence-corrected chi connectivity index (χ3v) is 5.50. The molecule has 6 heteroatoms. The Morgan fingerprint density at radius 3 is 2.88 bits per heavy atom. The minimum Gasteiger partial charge on any atom is -0.351 e. The molecule has 3 heterocycles. The number of hydrogen-bond acceptors (Lipinski definition) is 3. The van der Waals surface area contributed by atoms with Crippen LogP contribution < -0.4 is 5.32 Å². The van der Waals surface area contributed by atoms with Crippen molar-refractivity contribution >= 4 is 44.6 Å². The molecule has 0 radical (unpaired) electrons. The van der Waals surface area contributed by atoms with Crippen LogP contribution >= 0.6 is 22.9 Å². The first-order valence-corrected chi connectivity index (χ1v) is 8.79. The van der Waals surface area contributed by atoms with E-state index in [2.05, 4.69) is 10.3 Å². The molecule has 0 unspecified atom stereocenters. The van der Waals surface area contributed by atoms with Gasteiger partial charge in [-0.2, -0.15) is 0 Å². The summed E-state index contributed by atoms with van der Waals surface area (Å²) in [7, 11) is 0. The lowest BCUT2D eigenvalue weighted by Crippen LogP contribution is -2.25. The number of benzene rings is 1. The van der Waals surface area contributed by atoms with Crippen LogP contribution in [-0.2, 0) is 6.42 Å². The van der Waals surface area contributed by atoms with Gasteiger partial charge in [-0.3, -0.25) is 4.79 Å². The van der Waals surface area contributed by atoms with Crippen molar-refractivity contribution < 1.29 is 4.79 Å². The smallest absolute Gasteiger partial charge is 0.262 e. The van der Waals surface area contributed by atoms with E-state index in [9.17, 15) is 4.79 Å². The molecule has 0 spiro atoms. The SMILES string of the molecule is O=C(NCCc1cn2ccccc2n1)c1sc2ccccc2c1Cl. The Morgan fingerprint density at radius 1 is 1.21 bits per heavy atom. The van der Waals surface area contributed by atoms with Crippen LogP contribution in [0.5, 0.6) is 0 Å². The number of amides is 1. The van der Waals surface area contributed by atoms with Crippen LogP contribution in [0.3, 0.4) is 0 Å². The zero-order valence-corrected chi connectivity index (χ0v) is 14.3. The highest BCUT2D eigenvalue weighted by Gasteiger charge is 2.16. The predicted molar refractivity (Wildman–Crippen MR) is 98.1 cm³/mol. The summed E-state index contributed by atoms with van der Waals surface area (Å²) in [5.41, 5.74) is 1.86. The number of fused-ring (bicyclic) bond motifs is 2. The molecule has 3 aromatic heterocycles. The average Bonchev–Trinajstić information content (AvgIpc) is 3.16. The van der Waals surface area contributed by atoms with Crippen molar-refractivity contribution in [2.24, 2.45) is 0 Å². The predicted octanol–water partition coefficient (Wildman–Crippen LogP) is 4.17. The van der Waals surface area contributed by atoms with Crippen LogP contribution in [0.15, 0.2) is 54.9 Å². The maximum atomic E-state index is 12.4. The summed E-state index contributed by atoms with van der Waals surface area (Å²) in [6.45, 7) is 0.521. The number of rotatable bonds is 4. The number of carbonyl (C=O) groups excluding carboxylic acids is 1. The van der Waals surface area contributed by atoms with Crippen molar-refractivity contribution in [1.82, 2.24) is 14.7 Å². The fourth-order valence-electron chi connectivity index (χ4n) is 2.65. The number of nitrogens with zero attached hydrogens (tertiary/aromatic N) is 2. The highest BCUT2D eigenvalue weighted by atomic mass is 35.5. The molecular weight excluding hydrogens is 342 g/mol. The average molecular weight is 356 g/mol. The van der Waals surface area contributed by atoms with Crippen molar-refractivity contribution in [3.63, 3.8) is 0 Å². The molecule has 0 aliphatic heterocycles. The number of pyridine rings is 1. The molecule has 24 heavy (non-hydrogen) atoms. The van der Waals surface area contributed by atoms with Crippen LogP contribution in [0.2, 0.25) is 5.02 Å². The molecule has 0 saturated carbocycles. The van der Waals surface area contributed by atoms with Crippen molar-refractivity contribution in [1.29, 1.82) is 0 Å². The van der Waals surface area contributed by atoms with Gasteiger partial charge in [0.2, 0.25) is 0 Å². The Hall–Kier alpha value is -2.37. The molecule has 4 aromatic rings. The monoisotopic (exact) mass is 355 g/mol. The highest BCUT2D eigenvalue weighted by molar-refractivity contribution is 7.21. The molecule has 0 fully saturated rings. The Bertz CT molecular complexity index is 1000. The summed E-state index contributed by atoms with van der Waals surface area (Å²) in [6.07, 6.45) is 4.62. The van der Waals surface area contributed by atoms with Crippen LogP contribution in [0, 0.1) is 0 Å². The molecule has 4 rings (SSSR count). The standard InChI is InChI=1S/C18H14ClN3OS/c19-16-13-5-1-2-6-14(13)24-17(16)18(23)20-9-8-12-11-22-10-4-3-7-15(22)21-12/h1-7,10-11H,8-9H2,(H,20,23). The number of nitrogens with one attached hydrogen (secondary N) is 1. The number of hydrogen-bond donors (Lipinski definition) is 1. The van der Waals surface area contributed by atoms with E-state index in [0.717, 1.165) is 21.4 Å². The maximum absolute atomic E-state index is 12.4. The van der Waals surface area contributed by atoms with E-state index in [0.29, 0.717) is 22.9 Å². The summed E-state index contributed by atoms with van der Waals surface area (Å²) < 4.78 is 2.99. The largest absolute Gasteiger partial charge is 0.351 e. The number of imidazole rings is 1. The molecule has 0 saturated heterocycles. The van der Waals surface area contributed by atoms with Gasteiger partial charge in [-0.05, 0) is 18.2 Å². The number of aromatic nitrogens is 2. The number of carbonyl (C=O) groups is 1. The summed E-state index contributed by atoms with van der Waals surface area (Å²) in [5, 5.41) is 4.39. The first-order chi connectivity index (χ1) is 11.7. The van der Waals surface area contributed by atoms with Gasteiger partial charge in [0.25, 0.3) is 5.91 Å². The van der Waals surface area contributed by atoms with Crippen molar-refractivity contribution in [3.05, 3.63) is 70.5 Å². The minimum absolute atomic E-state index is 0.134. The molecule has 1 N–H and O–H groups in total. The molecule has 4 nitrogen and oxygen atoms in total. The normalized spacial score (nSPS) is 11.2. The molecule has 0 atom stereocenters. The van der Waals surface area contributed by atoms with Crippen molar-refractivity contribution in [2.75, 3.05) is 6.54 Å². The lowest BCUT2D eigenvalue weighted by Gasteiger charge is -2.02. The van der Waals surface area contributed by atoms with Gasteiger partial charge >= 0.3 is 0 Å². The van der Waals surface area contributed by atoms with Crippen LogP contribution in [0.1, 0.15) is 15.4 Å². The number of halogens is 1. The Labute approximate surface area is 147 Å². The zero-order valence-electron chi connectivity index (χ0n) is 12.7. The Kier molecular flexibility index (Phi) is 3.96. The quantitative estimate of drug-likeness (QED) is 0.597. The van der Waals surface area contributed by atoms with E-state index in [1.807, 2.05) is 59.3 Å². The highest BCUT2D eigenvalue weighted by Crippen LogP contribution is 2.34. The molecule has 0 aliphatic rings. The molecule has 1 amide bonds. The van der Waals surface area contributed by atoms with E-state index >= 15 is 0 Å². The van der Waals surface area contributed by atoms with E-state index in [1.54, 1.807) is 0 Å². The van der Waals surface area contributed by atoms with Crippen LogP contribution in [-0.4, -0.2) is 21.8 Å². The molecule has 1 aromatic carbocycles. The van der Waals surface area contributed by atoms with Gasteiger partial charge in [0.1, 0.15) is 10.5 Å². The second kappa shape index (κ2) is 6.26. The fraction of sp³-hybridized carbons (Fsp3) is 0.111. The van der Waals surface area contributed by atoms with Gasteiger partial charge < -0.3 is 9.72 Å². The summed E-state index contributed by atoms with van der Waals surface area (Å²) in [6, 6.07) is 13.6. The summed E-state index contributed by atoms with van der Waals surface area (Å²) in [4.78, 5) is 17.5. The van der Waals surface area contributed by atoms with E-state index in [4.69, 9.17) is 11.6 Å². The third kappa shape index (κ3) is 2.77.